The summed E-state index contributed by atoms with van der Waals surface area (Å²) in [5.41, 5.74) is 1.87. The van der Waals surface area contributed by atoms with Crippen LogP contribution in [0.25, 0.3) is 5.82 Å². The molecule has 2 amide bonds. The fourth-order valence-corrected chi connectivity index (χ4v) is 3.19. The van der Waals surface area contributed by atoms with E-state index >= 15 is 0 Å². The van der Waals surface area contributed by atoms with Gasteiger partial charge < -0.3 is 9.73 Å². The Morgan fingerprint density at radius 2 is 2.28 bits per heavy atom. The summed E-state index contributed by atoms with van der Waals surface area (Å²) in [6.07, 6.45) is 6.20. The molecule has 25 heavy (non-hydrogen) atoms. The molecule has 0 saturated carbocycles. The van der Waals surface area contributed by atoms with E-state index in [0.717, 1.165) is 36.3 Å². The standard InChI is InChI=1S/C18H19N5O2/c1-12-11-17(23(22-12)16-7-2-3-9-19-16)21-18(24)20-14-5-4-6-15-13(14)8-10-25-15/h2-3,7-11,14H,4-6H2,1H3,(H2,20,21,24)/t14-/m1/s1. The van der Waals surface area contributed by atoms with Gasteiger partial charge in [0.25, 0.3) is 0 Å². The van der Waals surface area contributed by atoms with Crippen molar-refractivity contribution in [1.29, 1.82) is 0 Å². The zero-order valence-electron chi connectivity index (χ0n) is 13.9. The number of pyridine rings is 1. The SMILES string of the molecule is Cc1cc(NC(=O)N[C@@H]2CCCc3occc32)n(-c2ccccn2)n1. The lowest BCUT2D eigenvalue weighted by atomic mass is 9.93. The molecule has 1 atom stereocenters. The van der Waals surface area contributed by atoms with E-state index in [2.05, 4.69) is 20.7 Å². The topological polar surface area (TPSA) is 85.0 Å². The molecule has 0 aliphatic heterocycles. The highest BCUT2D eigenvalue weighted by Gasteiger charge is 2.24. The highest BCUT2D eigenvalue weighted by Crippen LogP contribution is 2.30. The summed E-state index contributed by atoms with van der Waals surface area (Å²) in [5, 5.41) is 10.3. The number of amides is 2. The first-order valence-electron chi connectivity index (χ1n) is 8.32. The Kier molecular flexibility index (Phi) is 3.97. The average Bonchev–Trinajstić information content (AvgIpc) is 3.23. The van der Waals surface area contributed by atoms with Crippen LogP contribution in [-0.2, 0) is 6.42 Å². The predicted octanol–water partition coefficient (Wildman–Crippen LogP) is 3.37. The van der Waals surface area contributed by atoms with E-state index in [1.165, 1.54) is 0 Å². The van der Waals surface area contributed by atoms with Crippen molar-refractivity contribution in [2.45, 2.75) is 32.2 Å². The summed E-state index contributed by atoms with van der Waals surface area (Å²) < 4.78 is 7.10. The molecule has 0 unspecified atom stereocenters. The number of aromatic nitrogens is 3. The minimum Gasteiger partial charge on any atom is -0.469 e. The van der Waals surface area contributed by atoms with Gasteiger partial charge in [-0.25, -0.2) is 9.78 Å². The van der Waals surface area contributed by atoms with Crippen molar-refractivity contribution in [3.63, 3.8) is 0 Å². The van der Waals surface area contributed by atoms with Crippen LogP contribution < -0.4 is 10.6 Å². The van der Waals surface area contributed by atoms with Crippen LogP contribution in [0.2, 0.25) is 0 Å². The second-order valence-electron chi connectivity index (χ2n) is 6.11. The number of aryl methyl sites for hydroxylation is 2. The highest BCUT2D eigenvalue weighted by atomic mass is 16.3. The molecule has 0 saturated heterocycles. The molecule has 7 nitrogen and oxygen atoms in total. The van der Waals surface area contributed by atoms with E-state index < -0.39 is 0 Å². The van der Waals surface area contributed by atoms with Gasteiger partial charge in [0.05, 0.1) is 18.0 Å². The molecule has 1 aliphatic rings. The monoisotopic (exact) mass is 337 g/mol. The molecule has 2 N–H and O–H groups in total. The molecule has 0 aromatic carbocycles. The number of hydrogen-bond acceptors (Lipinski definition) is 4. The summed E-state index contributed by atoms with van der Waals surface area (Å²) in [5.74, 6) is 2.20. The molecule has 0 fully saturated rings. The Bertz CT molecular complexity index is 884. The fraction of sp³-hybridized carbons (Fsp3) is 0.278. The number of carbonyl (C=O) groups excluding carboxylic acids is 1. The maximum Gasteiger partial charge on any atom is 0.320 e. The molecule has 3 heterocycles. The van der Waals surface area contributed by atoms with Crippen molar-refractivity contribution < 1.29 is 9.21 Å². The largest absolute Gasteiger partial charge is 0.469 e. The number of rotatable bonds is 3. The maximum atomic E-state index is 12.5. The van der Waals surface area contributed by atoms with Crippen LogP contribution in [0.5, 0.6) is 0 Å². The third-order valence-electron chi connectivity index (χ3n) is 4.30. The number of furan rings is 1. The van der Waals surface area contributed by atoms with Gasteiger partial charge in [0, 0.05) is 24.2 Å². The van der Waals surface area contributed by atoms with Gasteiger partial charge in [-0.1, -0.05) is 6.07 Å². The maximum absolute atomic E-state index is 12.5. The second kappa shape index (κ2) is 6.43. The molecule has 0 bridgehead atoms. The molecule has 3 aromatic heterocycles. The molecule has 4 rings (SSSR count). The van der Waals surface area contributed by atoms with Gasteiger partial charge in [-0.3, -0.25) is 5.32 Å². The number of carbonyl (C=O) groups is 1. The molecule has 7 heteroatoms. The summed E-state index contributed by atoms with van der Waals surface area (Å²) in [6, 6.07) is 9.01. The molecular weight excluding hydrogens is 318 g/mol. The first-order valence-corrected chi connectivity index (χ1v) is 8.32. The van der Waals surface area contributed by atoms with E-state index in [-0.39, 0.29) is 12.1 Å². The lowest BCUT2D eigenvalue weighted by Gasteiger charge is -2.22. The van der Waals surface area contributed by atoms with Gasteiger partial charge in [-0.2, -0.15) is 9.78 Å². The first kappa shape index (κ1) is 15.4. The van der Waals surface area contributed by atoms with Gasteiger partial charge in [-0.05, 0) is 38.0 Å². The molecule has 0 spiro atoms. The van der Waals surface area contributed by atoms with Crippen LogP contribution in [0.3, 0.4) is 0 Å². The van der Waals surface area contributed by atoms with E-state index in [1.54, 1.807) is 17.1 Å². The molecule has 128 valence electrons. The van der Waals surface area contributed by atoms with E-state index in [0.29, 0.717) is 11.6 Å². The van der Waals surface area contributed by atoms with Crippen molar-refractivity contribution in [3.05, 3.63) is 59.8 Å². The second-order valence-corrected chi connectivity index (χ2v) is 6.11. The number of anilines is 1. The van der Waals surface area contributed by atoms with Crippen LogP contribution in [0.1, 0.15) is 35.9 Å². The molecule has 3 aromatic rings. The molecular formula is C18H19N5O2. The number of nitrogens with zero attached hydrogens (tertiary/aromatic N) is 3. The first-order chi connectivity index (χ1) is 12.2. The van der Waals surface area contributed by atoms with Crippen LogP contribution in [0.4, 0.5) is 10.6 Å². The van der Waals surface area contributed by atoms with Crippen molar-refractivity contribution in [3.8, 4) is 5.82 Å². The van der Waals surface area contributed by atoms with E-state index in [4.69, 9.17) is 4.42 Å². The third kappa shape index (κ3) is 3.13. The minimum absolute atomic E-state index is 0.0326. The quantitative estimate of drug-likeness (QED) is 0.767. The molecule has 1 aliphatic carbocycles. The lowest BCUT2D eigenvalue weighted by Crippen LogP contribution is -2.34. The smallest absolute Gasteiger partial charge is 0.320 e. The highest BCUT2D eigenvalue weighted by molar-refractivity contribution is 5.89. The number of fused-ring (bicyclic) bond motifs is 1. The zero-order chi connectivity index (χ0) is 17.2. The number of urea groups is 1. The minimum atomic E-state index is -0.267. The predicted molar refractivity (Wildman–Crippen MR) is 92.6 cm³/mol. The summed E-state index contributed by atoms with van der Waals surface area (Å²) >= 11 is 0. The Morgan fingerprint density at radius 1 is 1.36 bits per heavy atom. The normalized spacial score (nSPS) is 16.3. The van der Waals surface area contributed by atoms with E-state index in [1.807, 2.05) is 37.3 Å². The zero-order valence-corrected chi connectivity index (χ0v) is 13.9. The van der Waals surface area contributed by atoms with Crippen molar-refractivity contribution in [2.75, 3.05) is 5.32 Å². The summed E-state index contributed by atoms with van der Waals surface area (Å²) in [6.45, 7) is 1.88. The van der Waals surface area contributed by atoms with Gasteiger partial charge in [0.1, 0.15) is 11.6 Å². The average molecular weight is 337 g/mol. The Hall–Kier alpha value is -3.09. The van der Waals surface area contributed by atoms with Gasteiger partial charge in [0.15, 0.2) is 5.82 Å². The number of nitrogens with one attached hydrogen (secondary N) is 2. The Labute approximate surface area is 145 Å². The van der Waals surface area contributed by atoms with Crippen LogP contribution in [-0.4, -0.2) is 20.8 Å². The summed E-state index contributed by atoms with van der Waals surface area (Å²) in [4.78, 5) is 16.8. The summed E-state index contributed by atoms with van der Waals surface area (Å²) in [7, 11) is 0. The van der Waals surface area contributed by atoms with Crippen LogP contribution in [0, 0.1) is 6.92 Å². The van der Waals surface area contributed by atoms with Crippen molar-refractivity contribution >= 4 is 11.8 Å². The lowest BCUT2D eigenvalue weighted by molar-refractivity contribution is 0.246. The van der Waals surface area contributed by atoms with Gasteiger partial charge in [0.2, 0.25) is 0 Å². The van der Waals surface area contributed by atoms with Gasteiger partial charge in [-0.15, -0.1) is 0 Å². The Morgan fingerprint density at radius 3 is 3.12 bits per heavy atom. The molecule has 0 radical (unpaired) electrons. The van der Waals surface area contributed by atoms with Crippen molar-refractivity contribution in [1.82, 2.24) is 20.1 Å². The van der Waals surface area contributed by atoms with E-state index in [9.17, 15) is 4.79 Å². The van der Waals surface area contributed by atoms with Crippen LogP contribution >= 0.6 is 0 Å². The van der Waals surface area contributed by atoms with Crippen molar-refractivity contribution in [2.24, 2.45) is 0 Å². The third-order valence-corrected chi connectivity index (χ3v) is 4.30. The fourth-order valence-electron chi connectivity index (χ4n) is 3.19. The Balaban J connectivity index is 1.51. The van der Waals surface area contributed by atoms with Crippen LogP contribution in [0.15, 0.2) is 47.2 Å². The number of hydrogen-bond donors (Lipinski definition) is 2. The van der Waals surface area contributed by atoms with Gasteiger partial charge >= 0.3 is 6.03 Å².